The third kappa shape index (κ3) is 3.76. The summed E-state index contributed by atoms with van der Waals surface area (Å²) in [5.41, 5.74) is 16.7. The van der Waals surface area contributed by atoms with Crippen LogP contribution < -0.4 is 0 Å². The van der Waals surface area contributed by atoms with Gasteiger partial charge in [0, 0.05) is 16.5 Å². The lowest BCUT2D eigenvalue weighted by Crippen LogP contribution is -1.95. The minimum atomic E-state index is 1.18. The van der Waals surface area contributed by atoms with Crippen molar-refractivity contribution in [3.05, 3.63) is 209 Å². The lowest BCUT2D eigenvalue weighted by molar-refractivity contribution is 1.18. The molecule has 0 saturated heterocycles. The van der Waals surface area contributed by atoms with E-state index < -0.39 is 0 Å². The Morgan fingerprint density at radius 2 is 0.735 bits per heavy atom. The predicted molar refractivity (Wildman–Crippen MR) is 207 cm³/mol. The molecule has 2 aliphatic rings. The van der Waals surface area contributed by atoms with Gasteiger partial charge < -0.3 is 4.57 Å². The fourth-order valence-electron chi connectivity index (χ4n) is 8.55. The molecule has 0 atom stereocenters. The molecule has 2 aliphatic carbocycles. The molecule has 1 heteroatoms. The van der Waals surface area contributed by atoms with Crippen molar-refractivity contribution >= 4 is 65.6 Å². The fraction of sp³-hybridized carbons (Fsp3) is 0. The van der Waals surface area contributed by atoms with Gasteiger partial charge >= 0.3 is 0 Å². The third-order valence-corrected chi connectivity index (χ3v) is 10.6. The summed E-state index contributed by atoms with van der Waals surface area (Å²) in [5, 5.41) is 7.61. The summed E-state index contributed by atoms with van der Waals surface area (Å²) in [7, 11) is 0. The van der Waals surface area contributed by atoms with Crippen LogP contribution in [0.3, 0.4) is 0 Å². The minimum Gasteiger partial charge on any atom is -0.309 e. The number of nitrogens with zero attached hydrogens (tertiary/aromatic N) is 1. The zero-order chi connectivity index (χ0) is 32.1. The molecule has 0 N–H and O–H groups in total. The van der Waals surface area contributed by atoms with Crippen LogP contribution in [-0.2, 0) is 0 Å². The zero-order valence-corrected chi connectivity index (χ0v) is 26.7. The standard InChI is InChI=1S/C48H29N/c1-3-13-30(14-4-1)45-39-25-31-15-7-9-17-33(31)27-41(39)48-46(40-26-32-16-8-10-18-34(32)28-42(40)47(45)48)35-23-24-44-38(29-35)37-21-11-12-22-43(37)49(44)36-19-5-2-6-20-36/h1-29H. The van der Waals surface area contributed by atoms with Gasteiger partial charge in [0.2, 0.25) is 0 Å². The molecule has 1 aromatic heterocycles. The molecule has 11 rings (SSSR count). The molecule has 0 saturated carbocycles. The highest BCUT2D eigenvalue weighted by molar-refractivity contribution is 6.36. The maximum absolute atomic E-state index is 2.45. The van der Waals surface area contributed by atoms with E-state index in [-0.39, 0.29) is 0 Å². The lowest BCUT2D eigenvalue weighted by Gasteiger charge is -2.14. The van der Waals surface area contributed by atoms with Crippen LogP contribution in [0.25, 0.3) is 71.3 Å². The van der Waals surface area contributed by atoms with Crippen molar-refractivity contribution in [2.75, 3.05) is 0 Å². The van der Waals surface area contributed by atoms with E-state index >= 15 is 0 Å². The Kier molecular flexibility index (Phi) is 5.45. The van der Waals surface area contributed by atoms with Crippen LogP contribution in [0.1, 0.15) is 33.4 Å². The number of allylic oxidation sites excluding steroid dienone is 2. The highest BCUT2D eigenvalue weighted by Gasteiger charge is 2.38. The molecule has 0 radical (unpaired) electrons. The van der Waals surface area contributed by atoms with Gasteiger partial charge in [-0.2, -0.15) is 0 Å². The second-order valence-electron chi connectivity index (χ2n) is 13.3. The topological polar surface area (TPSA) is 4.93 Å². The zero-order valence-electron chi connectivity index (χ0n) is 26.7. The molecule has 8 aromatic carbocycles. The highest BCUT2D eigenvalue weighted by atomic mass is 15.0. The van der Waals surface area contributed by atoms with Crippen LogP contribution in [0.2, 0.25) is 0 Å². The van der Waals surface area contributed by atoms with Crippen LogP contribution in [0.15, 0.2) is 176 Å². The van der Waals surface area contributed by atoms with Crippen LogP contribution in [-0.4, -0.2) is 4.57 Å². The smallest absolute Gasteiger partial charge is 0.0541 e. The number of para-hydroxylation sites is 2. The number of benzene rings is 8. The van der Waals surface area contributed by atoms with E-state index in [4.69, 9.17) is 0 Å². The Bertz CT molecular complexity index is 2900. The van der Waals surface area contributed by atoms with Gasteiger partial charge in [-0.3, -0.25) is 0 Å². The number of fused-ring (bicyclic) bond motifs is 10. The van der Waals surface area contributed by atoms with Crippen LogP contribution in [0.4, 0.5) is 0 Å². The van der Waals surface area contributed by atoms with Crippen molar-refractivity contribution < 1.29 is 0 Å². The number of hydrogen-bond donors (Lipinski definition) is 0. The molecule has 1 heterocycles. The van der Waals surface area contributed by atoms with Crippen molar-refractivity contribution in [1.82, 2.24) is 4.57 Å². The number of rotatable bonds is 3. The quantitative estimate of drug-likeness (QED) is 0.185. The molecule has 49 heavy (non-hydrogen) atoms. The maximum atomic E-state index is 2.45. The Labute approximate surface area is 284 Å². The molecular formula is C48H29N. The van der Waals surface area contributed by atoms with Crippen molar-refractivity contribution in [2.24, 2.45) is 0 Å². The van der Waals surface area contributed by atoms with E-state index in [1.54, 1.807) is 0 Å². The van der Waals surface area contributed by atoms with Gasteiger partial charge in [0.05, 0.1) is 11.0 Å². The summed E-state index contributed by atoms with van der Waals surface area (Å²) in [4.78, 5) is 0. The van der Waals surface area contributed by atoms with Crippen LogP contribution in [0, 0.1) is 0 Å². The first-order valence-corrected chi connectivity index (χ1v) is 17.0. The van der Waals surface area contributed by atoms with Gasteiger partial charge in [-0.05, 0) is 132 Å². The van der Waals surface area contributed by atoms with E-state index in [9.17, 15) is 0 Å². The highest BCUT2D eigenvalue weighted by Crippen LogP contribution is 2.59. The average molecular weight is 620 g/mol. The minimum absolute atomic E-state index is 1.18. The summed E-state index contributed by atoms with van der Waals surface area (Å²) >= 11 is 0. The molecule has 0 amide bonds. The van der Waals surface area contributed by atoms with E-state index in [1.165, 1.54) is 105 Å². The van der Waals surface area contributed by atoms with Crippen molar-refractivity contribution in [3.63, 3.8) is 0 Å². The molecule has 0 aliphatic heterocycles. The second-order valence-corrected chi connectivity index (χ2v) is 13.3. The SMILES string of the molecule is c1ccc(C2=C3C(=C(c4ccc5c(c4)c4ccccc4n5-c4ccccc4)c4cc5ccccc5cc43)c3cc4ccccc4cc32)cc1. The Morgan fingerprint density at radius 1 is 0.286 bits per heavy atom. The molecular weight excluding hydrogens is 591 g/mol. The largest absolute Gasteiger partial charge is 0.309 e. The van der Waals surface area contributed by atoms with Crippen LogP contribution >= 0.6 is 0 Å². The molecule has 0 fully saturated rings. The molecule has 1 nitrogen and oxygen atoms in total. The summed E-state index contributed by atoms with van der Waals surface area (Å²) in [6.07, 6.45) is 0. The summed E-state index contributed by atoms with van der Waals surface area (Å²) in [6, 6.07) is 65.0. The summed E-state index contributed by atoms with van der Waals surface area (Å²) < 4.78 is 2.40. The van der Waals surface area contributed by atoms with E-state index in [1.807, 2.05) is 0 Å². The first kappa shape index (κ1) is 26.6. The normalized spacial score (nSPS) is 13.6. The summed E-state index contributed by atoms with van der Waals surface area (Å²) in [6.45, 7) is 0. The molecule has 0 unspecified atom stereocenters. The van der Waals surface area contributed by atoms with Crippen molar-refractivity contribution in [1.29, 1.82) is 0 Å². The Morgan fingerprint density at radius 3 is 1.33 bits per heavy atom. The molecule has 0 spiro atoms. The molecule has 226 valence electrons. The van der Waals surface area contributed by atoms with Gasteiger partial charge in [-0.1, -0.05) is 121 Å². The number of aromatic nitrogens is 1. The monoisotopic (exact) mass is 619 g/mol. The third-order valence-electron chi connectivity index (χ3n) is 10.6. The fourth-order valence-corrected chi connectivity index (χ4v) is 8.55. The average Bonchev–Trinajstić information content (AvgIpc) is 3.78. The lowest BCUT2D eigenvalue weighted by atomic mass is 9.89. The predicted octanol–water partition coefficient (Wildman–Crippen LogP) is 12.3. The van der Waals surface area contributed by atoms with Gasteiger partial charge in [-0.25, -0.2) is 0 Å². The second kappa shape index (κ2) is 10.0. The first-order valence-electron chi connectivity index (χ1n) is 17.0. The van der Waals surface area contributed by atoms with E-state index in [2.05, 4.69) is 180 Å². The van der Waals surface area contributed by atoms with Gasteiger partial charge in [0.25, 0.3) is 0 Å². The first-order chi connectivity index (χ1) is 24.3. The van der Waals surface area contributed by atoms with Crippen LogP contribution in [0.5, 0.6) is 0 Å². The maximum Gasteiger partial charge on any atom is 0.0541 e. The van der Waals surface area contributed by atoms with E-state index in [0.717, 1.165) is 0 Å². The molecule has 9 aromatic rings. The number of hydrogen-bond acceptors (Lipinski definition) is 0. The Hall–Kier alpha value is -6.44. The summed E-state index contributed by atoms with van der Waals surface area (Å²) in [5.74, 6) is 0. The van der Waals surface area contributed by atoms with Crippen molar-refractivity contribution in [3.8, 4) is 5.69 Å². The van der Waals surface area contributed by atoms with Gasteiger partial charge in [0.15, 0.2) is 0 Å². The van der Waals surface area contributed by atoms with E-state index in [0.29, 0.717) is 0 Å². The molecule has 0 bridgehead atoms. The van der Waals surface area contributed by atoms with Gasteiger partial charge in [0.1, 0.15) is 0 Å². The van der Waals surface area contributed by atoms with Gasteiger partial charge in [-0.15, -0.1) is 0 Å². The van der Waals surface area contributed by atoms with Crippen molar-refractivity contribution in [2.45, 2.75) is 0 Å². The Balaban J connectivity index is 1.28.